The average molecular weight is 264 g/mol. The van der Waals surface area contributed by atoms with E-state index in [0.717, 1.165) is 0 Å². The number of imidazole rings is 1. The van der Waals surface area contributed by atoms with E-state index in [-0.39, 0.29) is 11.9 Å². The first-order valence-corrected chi connectivity index (χ1v) is 5.93. The molecular formula is C11H16N6O2. The van der Waals surface area contributed by atoms with Crippen LogP contribution in [0.2, 0.25) is 0 Å². The van der Waals surface area contributed by atoms with Crippen molar-refractivity contribution in [2.45, 2.75) is 26.3 Å². The third-order valence-corrected chi connectivity index (χ3v) is 2.62. The van der Waals surface area contributed by atoms with Crippen LogP contribution in [0, 0.1) is 5.92 Å². The van der Waals surface area contributed by atoms with Crippen LogP contribution in [0.4, 0.5) is 11.8 Å². The van der Waals surface area contributed by atoms with E-state index in [2.05, 4.69) is 25.3 Å². The average Bonchev–Trinajstić information content (AvgIpc) is 2.75. The normalized spacial score (nSPS) is 12.8. The molecule has 0 fully saturated rings. The van der Waals surface area contributed by atoms with Gasteiger partial charge in [0.1, 0.15) is 11.6 Å². The van der Waals surface area contributed by atoms with Crippen molar-refractivity contribution in [1.29, 1.82) is 0 Å². The van der Waals surface area contributed by atoms with E-state index in [0.29, 0.717) is 23.4 Å². The van der Waals surface area contributed by atoms with Crippen LogP contribution in [-0.2, 0) is 4.79 Å². The van der Waals surface area contributed by atoms with Crippen molar-refractivity contribution in [1.82, 2.24) is 19.9 Å². The molecule has 19 heavy (non-hydrogen) atoms. The van der Waals surface area contributed by atoms with E-state index < -0.39 is 12.0 Å². The first kappa shape index (κ1) is 13.1. The molecule has 102 valence electrons. The summed E-state index contributed by atoms with van der Waals surface area (Å²) in [6.07, 6.45) is 1.94. The molecule has 0 saturated carbocycles. The highest BCUT2D eigenvalue weighted by molar-refractivity contribution is 5.86. The Morgan fingerprint density at radius 1 is 1.53 bits per heavy atom. The molecule has 5 N–H and O–H groups in total. The van der Waals surface area contributed by atoms with Crippen LogP contribution in [0.15, 0.2) is 6.33 Å². The Morgan fingerprint density at radius 2 is 2.26 bits per heavy atom. The topological polar surface area (TPSA) is 130 Å². The molecule has 0 aliphatic heterocycles. The lowest BCUT2D eigenvalue weighted by atomic mass is 10.0. The lowest BCUT2D eigenvalue weighted by Gasteiger charge is -2.17. The smallest absolute Gasteiger partial charge is 0.326 e. The molecular weight excluding hydrogens is 248 g/mol. The van der Waals surface area contributed by atoms with Crippen LogP contribution in [0.1, 0.15) is 20.3 Å². The van der Waals surface area contributed by atoms with E-state index >= 15 is 0 Å². The summed E-state index contributed by atoms with van der Waals surface area (Å²) in [4.78, 5) is 26.1. The lowest BCUT2D eigenvalue weighted by molar-refractivity contribution is -0.138. The van der Waals surface area contributed by atoms with Gasteiger partial charge in [-0.2, -0.15) is 9.97 Å². The molecule has 2 aromatic heterocycles. The molecule has 0 aromatic carbocycles. The first-order chi connectivity index (χ1) is 8.97. The maximum atomic E-state index is 11.2. The molecule has 0 aliphatic carbocycles. The van der Waals surface area contributed by atoms with Crippen LogP contribution in [0.5, 0.6) is 0 Å². The molecule has 8 heteroatoms. The maximum absolute atomic E-state index is 11.2. The first-order valence-electron chi connectivity index (χ1n) is 5.93. The Balaban J connectivity index is 2.32. The van der Waals surface area contributed by atoms with Gasteiger partial charge in [-0.1, -0.05) is 13.8 Å². The maximum Gasteiger partial charge on any atom is 0.326 e. The Morgan fingerprint density at radius 3 is 2.89 bits per heavy atom. The van der Waals surface area contributed by atoms with Crippen molar-refractivity contribution in [2.75, 3.05) is 11.1 Å². The number of carboxylic acids is 1. The summed E-state index contributed by atoms with van der Waals surface area (Å²) in [7, 11) is 0. The zero-order valence-corrected chi connectivity index (χ0v) is 10.7. The van der Waals surface area contributed by atoms with Crippen LogP contribution in [-0.4, -0.2) is 37.1 Å². The van der Waals surface area contributed by atoms with Gasteiger partial charge in [-0.15, -0.1) is 0 Å². The van der Waals surface area contributed by atoms with E-state index in [1.807, 2.05) is 13.8 Å². The van der Waals surface area contributed by atoms with E-state index in [4.69, 9.17) is 5.73 Å². The quantitative estimate of drug-likeness (QED) is 0.629. The molecule has 1 unspecified atom stereocenters. The van der Waals surface area contributed by atoms with Crippen molar-refractivity contribution in [3.63, 3.8) is 0 Å². The largest absolute Gasteiger partial charge is 0.480 e. The Hall–Kier alpha value is -2.38. The molecule has 2 heterocycles. The van der Waals surface area contributed by atoms with E-state index in [1.54, 1.807) is 0 Å². The number of hydrogen-bond donors (Lipinski definition) is 4. The van der Waals surface area contributed by atoms with Crippen molar-refractivity contribution < 1.29 is 9.90 Å². The molecule has 0 radical (unpaired) electrons. The van der Waals surface area contributed by atoms with Gasteiger partial charge in [0, 0.05) is 0 Å². The van der Waals surface area contributed by atoms with Crippen LogP contribution < -0.4 is 11.1 Å². The zero-order chi connectivity index (χ0) is 14.0. The summed E-state index contributed by atoms with van der Waals surface area (Å²) in [6.45, 7) is 3.91. The van der Waals surface area contributed by atoms with E-state index in [1.165, 1.54) is 6.33 Å². The lowest BCUT2D eigenvalue weighted by Crippen LogP contribution is -2.31. The Bertz CT molecular complexity index is 594. The summed E-state index contributed by atoms with van der Waals surface area (Å²) in [6, 6.07) is -0.735. The summed E-state index contributed by atoms with van der Waals surface area (Å²) in [5, 5.41) is 12.1. The zero-order valence-electron chi connectivity index (χ0n) is 10.7. The minimum Gasteiger partial charge on any atom is -0.480 e. The van der Waals surface area contributed by atoms with Crippen molar-refractivity contribution >= 4 is 28.9 Å². The molecule has 2 rings (SSSR count). The number of rotatable bonds is 5. The van der Waals surface area contributed by atoms with Gasteiger partial charge >= 0.3 is 5.97 Å². The number of carbonyl (C=O) groups is 1. The molecule has 8 nitrogen and oxygen atoms in total. The Kier molecular flexibility index (Phi) is 3.50. The third kappa shape index (κ3) is 2.90. The fourth-order valence-electron chi connectivity index (χ4n) is 1.81. The number of hydrogen-bond acceptors (Lipinski definition) is 6. The van der Waals surface area contributed by atoms with Crippen LogP contribution in [0.3, 0.4) is 0 Å². The standard InChI is InChI=1S/C11H16N6O2/c1-5(2)3-6(10(18)19)15-9-7-8(14-4-13-7)16-11(12)17-9/h4-6H,3H2,1-2H3,(H,18,19)(H4,12,13,14,15,16,17). The molecule has 0 bridgehead atoms. The fraction of sp³-hybridized carbons (Fsp3) is 0.455. The summed E-state index contributed by atoms with van der Waals surface area (Å²) in [5.41, 5.74) is 6.53. The summed E-state index contributed by atoms with van der Waals surface area (Å²) < 4.78 is 0. The van der Waals surface area contributed by atoms with Gasteiger partial charge in [-0.05, 0) is 12.3 Å². The third-order valence-electron chi connectivity index (χ3n) is 2.62. The second-order valence-corrected chi connectivity index (χ2v) is 4.70. The van der Waals surface area contributed by atoms with Crippen molar-refractivity contribution in [3.8, 4) is 0 Å². The van der Waals surface area contributed by atoms with Gasteiger partial charge in [0.05, 0.1) is 6.33 Å². The number of aromatic nitrogens is 4. The molecule has 0 aliphatic rings. The number of nitrogens with two attached hydrogens (primary N) is 1. The number of fused-ring (bicyclic) bond motifs is 1. The molecule has 0 saturated heterocycles. The molecule has 1 atom stereocenters. The van der Waals surface area contributed by atoms with Crippen molar-refractivity contribution in [2.24, 2.45) is 5.92 Å². The Labute approximate surface area is 109 Å². The van der Waals surface area contributed by atoms with Gasteiger partial charge in [0.2, 0.25) is 5.95 Å². The van der Waals surface area contributed by atoms with Gasteiger partial charge in [0.25, 0.3) is 0 Å². The SMILES string of the molecule is CC(C)CC(Nc1nc(N)nc2nc[nH]c12)C(=O)O. The fourth-order valence-corrected chi connectivity index (χ4v) is 1.81. The van der Waals surface area contributed by atoms with Crippen LogP contribution in [0.25, 0.3) is 11.2 Å². The van der Waals surface area contributed by atoms with Crippen molar-refractivity contribution in [3.05, 3.63) is 6.33 Å². The molecule has 2 aromatic rings. The predicted octanol–water partition coefficient (Wildman–Crippen LogP) is 0.846. The number of aromatic amines is 1. The summed E-state index contributed by atoms with van der Waals surface area (Å²) in [5.74, 6) is -0.285. The van der Waals surface area contributed by atoms with Gasteiger partial charge < -0.3 is 21.1 Å². The number of nitrogens with one attached hydrogen (secondary N) is 2. The highest BCUT2D eigenvalue weighted by Gasteiger charge is 2.21. The second kappa shape index (κ2) is 5.09. The minimum absolute atomic E-state index is 0.0517. The second-order valence-electron chi connectivity index (χ2n) is 4.70. The van der Waals surface area contributed by atoms with E-state index in [9.17, 15) is 9.90 Å². The number of aliphatic carboxylic acids is 1. The number of carboxylic acid groups (broad SMARTS) is 1. The van der Waals surface area contributed by atoms with Crippen LogP contribution >= 0.6 is 0 Å². The number of anilines is 2. The minimum atomic E-state index is -0.932. The number of nitrogen functional groups attached to an aromatic ring is 1. The summed E-state index contributed by atoms with van der Waals surface area (Å²) >= 11 is 0. The van der Waals surface area contributed by atoms with Gasteiger partial charge in [-0.25, -0.2) is 9.78 Å². The van der Waals surface area contributed by atoms with Gasteiger partial charge in [0.15, 0.2) is 11.5 Å². The highest BCUT2D eigenvalue weighted by atomic mass is 16.4. The number of nitrogens with zero attached hydrogens (tertiary/aromatic N) is 3. The highest BCUT2D eigenvalue weighted by Crippen LogP contribution is 2.19. The number of H-pyrrole nitrogens is 1. The molecule has 0 amide bonds. The van der Waals surface area contributed by atoms with Gasteiger partial charge in [-0.3, -0.25) is 0 Å². The molecule has 0 spiro atoms. The predicted molar refractivity (Wildman–Crippen MR) is 70.6 cm³/mol. The monoisotopic (exact) mass is 264 g/mol.